The molecule has 27 heavy (non-hydrogen) atoms. The minimum atomic E-state index is -0.438. The Bertz CT molecular complexity index is 801. The van der Waals surface area contributed by atoms with Crippen LogP contribution in [0.15, 0.2) is 18.3 Å². The maximum atomic E-state index is 12.2. The van der Waals surface area contributed by atoms with E-state index in [-0.39, 0.29) is 24.2 Å². The number of nitrogens with one attached hydrogen (secondary N) is 3. The van der Waals surface area contributed by atoms with E-state index >= 15 is 0 Å². The number of aromatic amines is 1. The van der Waals surface area contributed by atoms with Gasteiger partial charge in [0.15, 0.2) is 5.82 Å². The summed E-state index contributed by atoms with van der Waals surface area (Å²) in [7, 11) is 1.69. The standard InChI is InChI=1S/C17H24N6O4/c1-4-10(2)19-17(25)27-11-7-14(26-9-11)12-8-15(22-21-12)20-16(24)13-5-6-18-23(13)3/h5-6,8,10-11,14H,4,7,9H2,1-3H3,(H,19,25)(H2,20,21,22,24)/t10-,11+,14+/m0/s1. The number of carbonyl (C=O) groups is 2. The molecular formula is C17H24N6O4. The van der Waals surface area contributed by atoms with Gasteiger partial charge in [0.1, 0.15) is 17.9 Å². The molecule has 0 bridgehead atoms. The summed E-state index contributed by atoms with van der Waals surface area (Å²) in [5, 5.41) is 16.4. The second kappa shape index (κ2) is 8.21. The van der Waals surface area contributed by atoms with Crippen molar-refractivity contribution in [1.29, 1.82) is 0 Å². The van der Waals surface area contributed by atoms with Gasteiger partial charge in [0, 0.05) is 31.8 Å². The molecule has 10 nitrogen and oxygen atoms in total. The number of amides is 2. The van der Waals surface area contributed by atoms with Gasteiger partial charge in [0.2, 0.25) is 0 Å². The van der Waals surface area contributed by atoms with Crippen molar-refractivity contribution in [3.05, 3.63) is 29.7 Å². The van der Waals surface area contributed by atoms with Gasteiger partial charge in [0.05, 0.1) is 12.3 Å². The maximum absolute atomic E-state index is 12.2. The third-order valence-corrected chi connectivity index (χ3v) is 4.45. The van der Waals surface area contributed by atoms with Gasteiger partial charge in [-0.2, -0.15) is 10.2 Å². The van der Waals surface area contributed by atoms with Gasteiger partial charge < -0.3 is 20.1 Å². The van der Waals surface area contributed by atoms with E-state index in [2.05, 4.69) is 25.9 Å². The molecule has 1 aliphatic rings. The van der Waals surface area contributed by atoms with Crippen molar-refractivity contribution < 1.29 is 19.1 Å². The molecule has 0 spiro atoms. The molecule has 1 aliphatic heterocycles. The van der Waals surface area contributed by atoms with Crippen LogP contribution in [0.2, 0.25) is 0 Å². The smallest absolute Gasteiger partial charge is 0.407 e. The van der Waals surface area contributed by atoms with E-state index in [9.17, 15) is 9.59 Å². The number of hydrogen-bond acceptors (Lipinski definition) is 6. The van der Waals surface area contributed by atoms with Crippen LogP contribution in [0, 0.1) is 0 Å². The van der Waals surface area contributed by atoms with Crippen LogP contribution in [-0.4, -0.2) is 50.7 Å². The van der Waals surface area contributed by atoms with Gasteiger partial charge in [-0.3, -0.25) is 14.6 Å². The van der Waals surface area contributed by atoms with E-state index in [1.54, 1.807) is 25.4 Å². The average Bonchev–Trinajstić information content (AvgIpc) is 3.35. The van der Waals surface area contributed by atoms with Crippen LogP contribution in [0.5, 0.6) is 0 Å². The molecule has 0 aliphatic carbocycles. The quantitative estimate of drug-likeness (QED) is 0.706. The molecule has 10 heteroatoms. The number of rotatable bonds is 6. The molecule has 3 N–H and O–H groups in total. The molecule has 2 amide bonds. The Kier molecular flexibility index (Phi) is 5.75. The van der Waals surface area contributed by atoms with E-state index in [1.807, 2.05) is 13.8 Å². The summed E-state index contributed by atoms with van der Waals surface area (Å²) in [5.74, 6) is 0.0852. The van der Waals surface area contributed by atoms with Crippen LogP contribution < -0.4 is 10.6 Å². The number of ether oxygens (including phenoxy) is 2. The van der Waals surface area contributed by atoms with E-state index in [1.165, 1.54) is 4.68 Å². The zero-order valence-electron chi connectivity index (χ0n) is 15.6. The van der Waals surface area contributed by atoms with Crippen molar-refractivity contribution in [1.82, 2.24) is 25.3 Å². The molecule has 3 rings (SSSR count). The molecule has 0 aromatic carbocycles. The molecule has 3 heterocycles. The van der Waals surface area contributed by atoms with Crippen LogP contribution in [0.1, 0.15) is 49.0 Å². The van der Waals surface area contributed by atoms with Gasteiger partial charge in [-0.15, -0.1) is 0 Å². The normalized spacial score (nSPS) is 20.3. The van der Waals surface area contributed by atoms with E-state index < -0.39 is 6.09 Å². The molecule has 1 fully saturated rings. The molecule has 1 saturated heterocycles. The molecule has 0 unspecified atom stereocenters. The highest BCUT2D eigenvalue weighted by Crippen LogP contribution is 2.30. The third-order valence-electron chi connectivity index (χ3n) is 4.45. The van der Waals surface area contributed by atoms with Crippen LogP contribution in [0.4, 0.5) is 10.6 Å². The summed E-state index contributed by atoms with van der Waals surface area (Å²) in [5.41, 5.74) is 1.14. The Balaban J connectivity index is 1.52. The SMILES string of the molecule is CC[C@H](C)NC(=O)O[C@H]1CO[C@@H](c2cc(NC(=O)c3ccnn3C)n[nH]2)C1. The highest BCUT2D eigenvalue weighted by Gasteiger charge is 2.31. The van der Waals surface area contributed by atoms with Gasteiger partial charge in [-0.25, -0.2) is 4.79 Å². The summed E-state index contributed by atoms with van der Waals surface area (Å²) in [6, 6.07) is 3.39. The third kappa shape index (κ3) is 4.64. The minimum Gasteiger partial charge on any atom is -0.444 e. The molecule has 0 radical (unpaired) electrons. The van der Waals surface area contributed by atoms with Crippen molar-refractivity contribution in [3.8, 4) is 0 Å². The van der Waals surface area contributed by atoms with Gasteiger partial charge >= 0.3 is 6.09 Å². The summed E-state index contributed by atoms with van der Waals surface area (Å²) in [6.07, 6.45) is 1.86. The van der Waals surface area contributed by atoms with Crippen LogP contribution in [-0.2, 0) is 16.5 Å². The first-order chi connectivity index (χ1) is 13.0. The van der Waals surface area contributed by atoms with Gasteiger partial charge in [0.25, 0.3) is 5.91 Å². The first kappa shape index (κ1) is 18.9. The van der Waals surface area contributed by atoms with Gasteiger partial charge in [-0.1, -0.05) is 6.92 Å². The zero-order chi connectivity index (χ0) is 19.4. The molecule has 3 atom stereocenters. The predicted octanol–water partition coefficient (Wildman–Crippen LogP) is 1.75. The number of aryl methyl sites for hydroxylation is 1. The highest BCUT2D eigenvalue weighted by atomic mass is 16.6. The average molecular weight is 376 g/mol. The Morgan fingerprint density at radius 2 is 2.33 bits per heavy atom. The fourth-order valence-electron chi connectivity index (χ4n) is 2.73. The first-order valence-corrected chi connectivity index (χ1v) is 8.89. The number of hydrogen-bond donors (Lipinski definition) is 3. The maximum Gasteiger partial charge on any atom is 0.407 e. The van der Waals surface area contributed by atoms with E-state index in [0.29, 0.717) is 30.2 Å². The number of anilines is 1. The molecule has 0 saturated carbocycles. The first-order valence-electron chi connectivity index (χ1n) is 8.89. The lowest BCUT2D eigenvalue weighted by molar-refractivity contribution is 0.0679. The Morgan fingerprint density at radius 3 is 3.04 bits per heavy atom. The fraction of sp³-hybridized carbons (Fsp3) is 0.529. The molecular weight excluding hydrogens is 352 g/mol. The van der Waals surface area contributed by atoms with Crippen LogP contribution in [0.3, 0.4) is 0 Å². The van der Waals surface area contributed by atoms with Crippen LogP contribution >= 0.6 is 0 Å². The van der Waals surface area contributed by atoms with Crippen molar-refractivity contribution in [2.75, 3.05) is 11.9 Å². The van der Waals surface area contributed by atoms with Crippen LogP contribution in [0.25, 0.3) is 0 Å². The number of nitrogens with zero attached hydrogens (tertiary/aromatic N) is 3. The summed E-state index contributed by atoms with van der Waals surface area (Å²) in [4.78, 5) is 24.0. The molecule has 146 valence electrons. The summed E-state index contributed by atoms with van der Waals surface area (Å²) in [6.45, 7) is 4.22. The monoisotopic (exact) mass is 376 g/mol. The zero-order valence-corrected chi connectivity index (χ0v) is 15.6. The Labute approximate surface area is 156 Å². The second-order valence-corrected chi connectivity index (χ2v) is 6.54. The summed E-state index contributed by atoms with van der Waals surface area (Å²) >= 11 is 0. The lowest BCUT2D eigenvalue weighted by atomic mass is 10.1. The minimum absolute atomic E-state index is 0.0637. The Morgan fingerprint density at radius 1 is 1.52 bits per heavy atom. The topological polar surface area (TPSA) is 123 Å². The van der Waals surface area contributed by atoms with E-state index in [0.717, 1.165) is 6.42 Å². The molecule has 2 aromatic rings. The fourth-order valence-corrected chi connectivity index (χ4v) is 2.73. The van der Waals surface area contributed by atoms with E-state index in [4.69, 9.17) is 9.47 Å². The second-order valence-electron chi connectivity index (χ2n) is 6.54. The largest absolute Gasteiger partial charge is 0.444 e. The van der Waals surface area contributed by atoms with Crippen molar-refractivity contribution in [2.45, 2.75) is 44.9 Å². The number of H-pyrrole nitrogens is 1. The van der Waals surface area contributed by atoms with Gasteiger partial charge in [-0.05, 0) is 19.4 Å². The Hall–Kier alpha value is -2.88. The lowest BCUT2D eigenvalue weighted by Gasteiger charge is -2.14. The predicted molar refractivity (Wildman–Crippen MR) is 96.2 cm³/mol. The number of alkyl carbamates (subject to hydrolysis) is 1. The molecule has 2 aromatic heterocycles. The van der Waals surface area contributed by atoms with Crippen molar-refractivity contribution in [2.24, 2.45) is 7.05 Å². The number of aromatic nitrogens is 4. The van der Waals surface area contributed by atoms with Crippen molar-refractivity contribution >= 4 is 17.8 Å². The number of carbonyl (C=O) groups excluding carboxylic acids is 2. The lowest BCUT2D eigenvalue weighted by Crippen LogP contribution is -2.35. The summed E-state index contributed by atoms with van der Waals surface area (Å²) < 4.78 is 12.6. The highest BCUT2D eigenvalue weighted by molar-refractivity contribution is 6.02. The van der Waals surface area contributed by atoms with Crippen molar-refractivity contribution in [3.63, 3.8) is 0 Å².